The van der Waals surface area contributed by atoms with Gasteiger partial charge in [0, 0.05) is 33.2 Å². The largest absolute Gasteiger partial charge is 0.335 e. The summed E-state index contributed by atoms with van der Waals surface area (Å²) in [6.07, 6.45) is 2.52. The van der Waals surface area contributed by atoms with Crippen molar-refractivity contribution < 1.29 is 4.79 Å². The lowest BCUT2D eigenvalue weighted by molar-refractivity contribution is 0.0976. The van der Waals surface area contributed by atoms with Crippen LogP contribution in [-0.2, 0) is 6.54 Å². The van der Waals surface area contributed by atoms with Crippen molar-refractivity contribution in [1.29, 1.82) is 5.41 Å². The predicted molar refractivity (Wildman–Crippen MR) is 122 cm³/mol. The molecule has 2 aromatic carbocycles. The van der Waals surface area contributed by atoms with Crippen molar-refractivity contribution in [3.8, 4) is 0 Å². The van der Waals surface area contributed by atoms with Crippen molar-refractivity contribution in [3.63, 3.8) is 0 Å². The standard InChI is InChI=1S/C24H25N3OS/c1-3-4-9-23(25)26-24(28)17-10-11-19-18-7-5-6-8-20(18)27(21(19)14-17)15-22-16(2)12-13-29-22/h5-8,10-14H,3-4,9,15H2,1-2H3,(H2,25,26,28). The van der Waals surface area contributed by atoms with Crippen molar-refractivity contribution in [2.24, 2.45) is 0 Å². The van der Waals surface area contributed by atoms with Gasteiger partial charge in [0.25, 0.3) is 5.91 Å². The number of nitrogens with zero attached hydrogens (tertiary/aromatic N) is 1. The lowest BCUT2D eigenvalue weighted by atomic mass is 10.1. The number of para-hydroxylation sites is 1. The number of aryl methyl sites for hydroxylation is 1. The van der Waals surface area contributed by atoms with Crippen molar-refractivity contribution in [3.05, 3.63) is 69.9 Å². The van der Waals surface area contributed by atoms with E-state index in [1.807, 2.05) is 18.2 Å². The van der Waals surface area contributed by atoms with Gasteiger partial charge in [0.1, 0.15) is 5.84 Å². The van der Waals surface area contributed by atoms with Crippen LogP contribution < -0.4 is 5.32 Å². The van der Waals surface area contributed by atoms with Gasteiger partial charge in [-0.2, -0.15) is 0 Å². The van der Waals surface area contributed by atoms with E-state index in [1.165, 1.54) is 21.3 Å². The fraction of sp³-hybridized carbons (Fsp3) is 0.250. The quantitative estimate of drug-likeness (QED) is 0.296. The number of rotatable bonds is 6. The number of benzene rings is 2. The Morgan fingerprint density at radius 2 is 1.90 bits per heavy atom. The Bertz CT molecular complexity index is 1200. The molecule has 0 unspecified atom stereocenters. The Balaban J connectivity index is 1.76. The Kier molecular flexibility index (Phi) is 5.49. The van der Waals surface area contributed by atoms with Gasteiger partial charge in [-0.15, -0.1) is 11.3 Å². The van der Waals surface area contributed by atoms with Gasteiger partial charge in [0.15, 0.2) is 0 Å². The molecule has 0 atom stereocenters. The number of aromatic nitrogens is 1. The Hall–Kier alpha value is -2.92. The van der Waals surface area contributed by atoms with Gasteiger partial charge in [0.2, 0.25) is 0 Å². The van der Waals surface area contributed by atoms with E-state index >= 15 is 0 Å². The summed E-state index contributed by atoms with van der Waals surface area (Å²) >= 11 is 1.76. The molecule has 2 heterocycles. The van der Waals surface area contributed by atoms with E-state index in [2.05, 4.69) is 59.4 Å². The summed E-state index contributed by atoms with van der Waals surface area (Å²) in [5, 5.41) is 15.2. The summed E-state index contributed by atoms with van der Waals surface area (Å²) in [4.78, 5) is 14.0. The number of carbonyl (C=O) groups is 1. The van der Waals surface area contributed by atoms with Gasteiger partial charge in [0.05, 0.1) is 12.1 Å². The van der Waals surface area contributed by atoms with Crippen LogP contribution in [0.5, 0.6) is 0 Å². The molecule has 148 valence electrons. The van der Waals surface area contributed by atoms with Crippen LogP contribution in [-0.4, -0.2) is 16.3 Å². The zero-order valence-corrected chi connectivity index (χ0v) is 17.6. The molecule has 0 spiro atoms. The summed E-state index contributed by atoms with van der Waals surface area (Å²) in [6, 6.07) is 16.4. The number of hydrogen-bond acceptors (Lipinski definition) is 3. The average molecular weight is 404 g/mol. The molecule has 0 aliphatic carbocycles. The molecular formula is C24H25N3OS. The fourth-order valence-corrected chi connectivity index (χ4v) is 4.59. The third-order valence-electron chi connectivity index (χ3n) is 5.35. The second-order valence-electron chi connectivity index (χ2n) is 7.40. The van der Waals surface area contributed by atoms with Crippen LogP contribution in [0.15, 0.2) is 53.9 Å². The fourth-order valence-electron chi connectivity index (χ4n) is 3.70. The van der Waals surface area contributed by atoms with E-state index < -0.39 is 0 Å². The first-order valence-electron chi connectivity index (χ1n) is 10.0. The molecule has 0 aliphatic heterocycles. The lowest BCUT2D eigenvalue weighted by Crippen LogP contribution is -2.29. The second-order valence-corrected chi connectivity index (χ2v) is 8.40. The number of thiophene rings is 1. The molecule has 0 fully saturated rings. The van der Waals surface area contributed by atoms with Crippen LogP contribution in [0.25, 0.3) is 21.8 Å². The molecule has 4 aromatic rings. The zero-order valence-electron chi connectivity index (χ0n) is 16.8. The summed E-state index contributed by atoms with van der Waals surface area (Å²) in [5.41, 5.74) is 4.10. The minimum Gasteiger partial charge on any atom is -0.335 e. The van der Waals surface area contributed by atoms with Gasteiger partial charge in [-0.25, -0.2) is 0 Å². The minimum atomic E-state index is -0.211. The van der Waals surface area contributed by atoms with Crippen LogP contribution in [0.2, 0.25) is 0 Å². The third-order valence-corrected chi connectivity index (χ3v) is 6.36. The third kappa shape index (κ3) is 3.83. The minimum absolute atomic E-state index is 0.211. The second kappa shape index (κ2) is 8.21. The highest BCUT2D eigenvalue weighted by molar-refractivity contribution is 7.10. The summed E-state index contributed by atoms with van der Waals surface area (Å²) < 4.78 is 2.29. The molecule has 2 N–H and O–H groups in total. The Morgan fingerprint density at radius 3 is 2.66 bits per heavy atom. The lowest BCUT2D eigenvalue weighted by Gasteiger charge is -2.09. The number of hydrogen-bond donors (Lipinski definition) is 2. The molecule has 0 bridgehead atoms. The molecule has 5 heteroatoms. The number of amides is 1. The van der Waals surface area contributed by atoms with Crippen LogP contribution >= 0.6 is 11.3 Å². The van der Waals surface area contributed by atoms with E-state index in [4.69, 9.17) is 5.41 Å². The molecular weight excluding hydrogens is 378 g/mol. The van der Waals surface area contributed by atoms with Crippen LogP contribution in [0, 0.1) is 12.3 Å². The summed E-state index contributed by atoms with van der Waals surface area (Å²) in [7, 11) is 0. The van der Waals surface area contributed by atoms with Gasteiger partial charge >= 0.3 is 0 Å². The molecule has 0 radical (unpaired) electrons. The Morgan fingerprint density at radius 1 is 1.10 bits per heavy atom. The zero-order chi connectivity index (χ0) is 20.4. The number of amidine groups is 1. The van der Waals surface area contributed by atoms with Crippen molar-refractivity contribution >= 4 is 44.9 Å². The van der Waals surface area contributed by atoms with E-state index in [0.717, 1.165) is 30.3 Å². The van der Waals surface area contributed by atoms with Crippen LogP contribution in [0.1, 0.15) is 47.0 Å². The van der Waals surface area contributed by atoms with E-state index in [9.17, 15) is 4.79 Å². The van der Waals surface area contributed by atoms with Gasteiger partial charge in [-0.05, 0) is 48.6 Å². The van der Waals surface area contributed by atoms with Gasteiger partial charge in [-0.1, -0.05) is 37.6 Å². The highest BCUT2D eigenvalue weighted by Crippen LogP contribution is 2.31. The van der Waals surface area contributed by atoms with Crippen LogP contribution in [0.4, 0.5) is 0 Å². The SMILES string of the molecule is CCCCC(=N)NC(=O)c1ccc2c3ccccc3n(Cc3sccc3C)c2c1. The molecule has 4 nitrogen and oxygen atoms in total. The summed E-state index contributed by atoms with van der Waals surface area (Å²) in [6.45, 7) is 5.00. The first-order chi connectivity index (χ1) is 14.1. The Labute approximate surface area is 174 Å². The summed E-state index contributed by atoms with van der Waals surface area (Å²) in [5.74, 6) is 0.0730. The topological polar surface area (TPSA) is 57.9 Å². The van der Waals surface area contributed by atoms with Gasteiger partial charge < -0.3 is 9.88 Å². The van der Waals surface area contributed by atoms with Crippen molar-refractivity contribution in [1.82, 2.24) is 9.88 Å². The molecule has 1 amide bonds. The maximum absolute atomic E-state index is 12.7. The van der Waals surface area contributed by atoms with Gasteiger partial charge in [-0.3, -0.25) is 10.2 Å². The highest BCUT2D eigenvalue weighted by atomic mass is 32.1. The van der Waals surface area contributed by atoms with Crippen molar-refractivity contribution in [2.45, 2.75) is 39.7 Å². The average Bonchev–Trinajstić information content (AvgIpc) is 3.28. The predicted octanol–water partition coefficient (Wildman–Crippen LogP) is 6.11. The number of fused-ring (bicyclic) bond motifs is 3. The maximum atomic E-state index is 12.7. The molecule has 4 rings (SSSR count). The molecule has 29 heavy (non-hydrogen) atoms. The van der Waals surface area contributed by atoms with Crippen LogP contribution in [0.3, 0.4) is 0 Å². The van der Waals surface area contributed by atoms with E-state index in [1.54, 1.807) is 11.3 Å². The molecule has 0 saturated carbocycles. The smallest absolute Gasteiger partial charge is 0.256 e. The first-order valence-corrected chi connectivity index (χ1v) is 10.9. The maximum Gasteiger partial charge on any atom is 0.256 e. The number of carbonyl (C=O) groups excluding carboxylic acids is 1. The van der Waals surface area contributed by atoms with Crippen molar-refractivity contribution in [2.75, 3.05) is 0 Å². The van der Waals surface area contributed by atoms with E-state index in [0.29, 0.717) is 12.0 Å². The number of nitrogens with one attached hydrogen (secondary N) is 2. The highest BCUT2D eigenvalue weighted by Gasteiger charge is 2.15. The number of unbranched alkanes of at least 4 members (excludes halogenated alkanes) is 1. The first kappa shape index (κ1) is 19.4. The molecule has 0 saturated heterocycles. The monoisotopic (exact) mass is 403 g/mol. The van der Waals surface area contributed by atoms with E-state index in [-0.39, 0.29) is 11.7 Å². The normalized spacial score (nSPS) is 11.2. The molecule has 0 aliphatic rings. The molecule has 2 aromatic heterocycles.